The van der Waals surface area contributed by atoms with Crippen LogP contribution in [-0.2, 0) is 7.05 Å². The summed E-state index contributed by atoms with van der Waals surface area (Å²) in [4.78, 5) is 13.4. The maximum atomic E-state index is 11.4. The van der Waals surface area contributed by atoms with Crippen LogP contribution in [0.2, 0.25) is 0 Å². The number of halogens is 1. The molecular formula is C12H15ClN2O2. The number of rotatable bonds is 3. The Morgan fingerprint density at radius 3 is 2.76 bits per heavy atom. The first kappa shape index (κ1) is 12.2. The highest BCUT2D eigenvalue weighted by molar-refractivity contribution is 6.18. The summed E-state index contributed by atoms with van der Waals surface area (Å²) < 4.78 is 6.65. The first-order valence-electron chi connectivity index (χ1n) is 5.36. The van der Waals surface area contributed by atoms with Gasteiger partial charge in [-0.1, -0.05) is 6.07 Å². The molecule has 1 unspecified atom stereocenters. The highest BCUT2D eigenvalue weighted by Gasteiger charge is 2.15. The first-order valence-corrected chi connectivity index (χ1v) is 5.90. The van der Waals surface area contributed by atoms with Crippen LogP contribution in [0.5, 0.6) is 0 Å². The molecule has 0 saturated carbocycles. The molecule has 0 radical (unpaired) electrons. The van der Waals surface area contributed by atoms with Crippen LogP contribution in [0.1, 0.15) is 11.6 Å². The third kappa shape index (κ3) is 2.10. The van der Waals surface area contributed by atoms with Crippen LogP contribution in [-0.4, -0.2) is 29.4 Å². The second-order valence-corrected chi connectivity index (χ2v) is 4.60. The van der Waals surface area contributed by atoms with Crippen molar-refractivity contribution in [1.29, 1.82) is 0 Å². The van der Waals surface area contributed by atoms with Crippen molar-refractivity contribution in [1.82, 2.24) is 9.47 Å². The Bertz CT molecular complexity index is 586. The molecule has 0 fully saturated rings. The standard InChI is InChI=1S/C12H15ClN2O2/c1-14(2)10(7-13)8-4-5-9-11(6-8)17-12(16)15(9)3/h4-6,10H,7H2,1-3H3. The van der Waals surface area contributed by atoms with E-state index < -0.39 is 0 Å². The molecule has 0 aliphatic rings. The van der Waals surface area contributed by atoms with Gasteiger partial charge in [-0.2, -0.15) is 0 Å². The highest BCUT2D eigenvalue weighted by atomic mass is 35.5. The molecule has 2 aromatic rings. The zero-order valence-corrected chi connectivity index (χ0v) is 10.9. The summed E-state index contributed by atoms with van der Waals surface area (Å²) in [5, 5.41) is 0. The van der Waals surface area contributed by atoms with E-state index in [1.165, 1.54) is 4.57 Å². The van der Waals surface area contributed by atoms with Crippen molar-refractivity contribution in [3.05, 3.63) is 34.3 Å². The van der Waals surface area contributed by atoms with Gasteiger partial charge in [0.15, 0.2) is 5.58 Å². The van der Waals surface area contributed by atoms with Crippen LogP contribution in [0.4, 0.5) is 0 Å². The zero-order valence-electron chi connectivity index (χ0n) is 10.1. The van der Waals surface area contributed by atoms with Crippen molar-refractivity contribution in [2.75, 3.05) is 20.0 Å². The molecule has 5 heteroatoms. The number of hydrogen-bond acceptors (Lipinski definition) is 3. The monoisotopic (exact) mass is 254 g/mol. The quantitative estimate of drug-likeness (QED) is 0.786. The van der Waals surface area contributed by atoms with Gasteiger partial charge in [0.1, 0.15) is 0 Å². The third-order valence-electron chi connectivity index (χ3n) is 2.97. The van der Waals surface area contributed by atoms with E-state index in [1.54, 1.807) is 7.05 Å². The Labute approximate surface area is 104 Å². The Kier molecular flexibility index (Phi) is 3.26. The lowest BCUT2D eigenvalue weighted by atomic mass is 10.1. The molecule has 1 aromatic carbocycles. The van der Waals surface area contributed by atoms with Crippen molar-refractivity contribution in [3.8, 4) is 0 Å². The summed E-state index contributed by atoms with van der Waals surface area (Å²) in [6.45, 7) is 0. The topological polar surface area (TPSA) is 38.4 Å². The molecule has 1 aromatic heterocycles. The van der Waals surface area contributed by atoms with Crippen molar-refractivity contribution < 1.29 is 4.42 Å². The predicted octanol–water partition coefficient (Wildman–Crippen LogP) is 1.97. The second kappa shape index (κ2) is 4.55. The largest absolute Gasteiger partial charge is 0.419 e. The van der Waals surface area contributed by atoms with Crippen LogP contribution >= 0.6 is 11.6 Å². The SMILES string of the molecule is CN(C)C(CCl)c1ccc2c(c1)oc(=O)n2C. The van der Waals surface area contributed by atoms with E-state index in [0.29, 0.717) is 11.5 Å². The number of hydrogen-bond donors (Lipinski definition) is 0. The summed E-state index contributed by atoms with van der Waals surface area (Å²) >= 11 is 5.95. The average molecular weight is 255 g/mol. The zero-order chi connectivity index (χ0) is 12.6. The molecular weight excluding hydrogens is 240 g/mol. The minimum atomic E-state index is -0.343. The summed E-state index contributed by atoms with van der Waals surface area (Å²) in [5.41, 5.74) is 2.45. The van der Waals surface area contributed by atoms with Gasteiger partial charge in [-0.05, 0) is 31.8 Å². The van der Waals surface area contributed by atoms with Gasteiger partial charge >= 0.3 is 5.76 Å². The number of aromatic nitrogens is 1. The number of oxazole rings is 1. The number of nitrogens with zero attached hydrogens (tertiary/aromatic N) is 2. The lowest BCUT2D eigenvalue weighted by Gasteiger charge is -2.22. The van der Waals surface area contributed by atoms with E-state index in [-0.39, 0.29) is 11.8 Å². The highest BCUT2D eigenvalue weighted by Crippen LogP contribution is 2.23. The molecule has 2 rings (SSSR count). The fourth-order valence-electron chi connectivity index (χ4n) is 1.88. The summed E-state index contributed by atoms with van der Waals surface area (Å²) in [5.74, 6) is 0.152. The lowest BCUT2D eigenvalue weighted by molar-refractivity contribution is 0.324. The van der Waals surface area contributed by atoms with Crippen LogP contribution in [0.3, 0.4) is 0 Å². The van der Waals surface area contributed by atoms with Gasteiger partial charge in [-0.3, -0.25) is 4.57 Å². The van der Waals surface area contributed by atoms with Gasteiger partial charge in [0.2, 0.25) is 0 Å². The summed E-state index contributed by atoms with van der Waals surface area (Å²) in [7, 11) is 5.63. The number of benzene rings is 1. The van der Waals surface area contributed by atoms with Crippen molar-refractivity contribution in [2.24, 2.45) is 7.05 Å². The molecule has 0 spiro atoms. The van der Waals surface area contributed by atoms with Crippen molar-refractivity contribution in [3.63, 3.8) is 0 Å². The van der Waals surface area contributed by atoms with Gasteiger partial charge in [-0.15, -0.1) is 11.6 Å². The van der Waals surface area contributed by atoms with Crippen LogP contribution in [0.15, 0.2) is 27.4 Å². The van der Waals surface area contributed by atoms with Crippen molar-refractivity contribution >= 4 is 22.7 Å². The molecule has 0 N–H and O–H groups in total. The predicted molar refractivity (Wildman–Crippen MR) is 68.6 cm³/mol. The smallest absolute Gasteiger partial charge is 0.408 e. The Balaban J connectivity index is 2.54. The molecule has 0 bridgehead atoms. The second-order valence-electron chi connectivity index (χ2n) is 4.29. The Morgan fingerprint density at radius 2 is 2.18 bits per heavy atom. The van der Waals surface area contributed by atoms with E-state index in [9.17, 15) is 4.79 Å². The molecule has 1 atom stereocenters. The van der Waals surface area contributed by atoms with Gasteiger partial charge in [0.25, 0.3) is 0 Å². The molecule has 17 heavy (non-hydrogen) atoms. The number of alkyl halides is 1. The molecule has 0 saturated heterocycles. The normalized spacial score (nSPS) is 13.5. The van der Waals surface area contributed by atoms with Crippen LogP contribution in [0, 0.1) is 0 Å². The average Bonchev–Trinajstić information content (AvgIpc) is 2.55. The summed E-state index contributed by atoms with van der Waals surface area (Å²) in [6.07, 6.45) is 0. The Hall–Kier alpha value is -1.26. The maximum absolute atomic E-state index is 11.4. The molecule has 92 valence electrons. The minimum absolute atomic E-state index is 0.117. The van der Waals surface area contributed by atoms with Crippen LogP contribution in [0.25, 0.3) is 11.1 Å². The van der Waals surface area contributed by atoms with Gasteiger partial charge < -0.3 is 9.32 Å². The van der Waals surface area contributed by atoms with E-state index in [4.69, 9.17) is 16.0 Å². The van der Waals surface area contributed by atoms with Crippen LogP contribution < -0.4 is 5.76 Å². The minimum Gasteiger partial charge on any atom is -0.408 e. The molecule has 1 heterocycles. The van der Waals surface area contributed by atoms with Gasteiger partial charge in [0, 0.05) is 19.0 Å². The lowest BCUT2D eigenvalue weighted by Crippen LogP contribution is -2.21. The Morgan fingerprint density at radius 1 is 1.47 bits per heavy atom. The van der Waals surface area contributed by atoms with Gasteiger partial charge in [-0.25, -0.2) is 4.79 Å². The van der Waals surface area contributed by atoms with E-state index in [0.717, 1.165) is 11.1 Å². The fraction of sp³-hybridized carbons (Fsp3) is 0.417. The third-order valence-corrected chi connectivity index (χ3v) is 3.26. The molecule has 0 amide bonds. The molecule has 0 aliphatic heterocycles. The van der Waals surface area contributed by atoms with E-state index >= 15 is 0 Å². The fourth-order valence-corrected chi connectivity index (χ4v) is 2.34. The van der Waals surface area contributed by atoms with Gasteiger partial charge in [0.05, 0.1) is 5.52 Å². The van der Waals surface area contributed by atoms with Crippen molar-refractivity contribution in [2.45, 2.75) is 6.04 Å². The molecule has 0 aliphatic carbocycles. The maximum Gasteiger partial charge on any atom is 0.419 e. The number of aryl methyl sites for hydroxylation is 1. The number of fused-ring (bicyclic) bond motifs is 1. The first-order chi connectivity index (χ1) is 8.04. The molecule has 4 nitrogen and oxygen atoms in total. The summed E-state index contributed by atoms with van der Waals surface area (Å²) in [6, 6.07) is 5.86. The van der Waals surface area contributed by atoms with E-state index in [2.05, 4.69) is 0 Å². The van der Waals surface area contributed by atoms with E-state index in [1.807, 2.05) is 37.2 Å².